The smallest absolute Gasteiger partial charge is 0.226 e. The first kappa shape index (κ1) is 18.0. The van der Waals surface area contributed by atoms with Crippen molar-refractivity contribution in [1.82, 2.24) is 10.2 Å². The second-order valence-corrected chi connectivity index (χ2v) is 6.47. The molecule has 122 valence electrons. The largest absolute Gasteiger partial charge is 0.353 e. The molecule has 5 nitrogen and oxygen atoms in total. The van der Waals surface area contributed by atoms with Crippen molar-refractivity contribution in [2.24, 2.45) is 17.6 Å². The summed E-state index contributed by atoms with van der Waals surface area (Å²) in [6.07, 6.45) is 3.80. The number of likely N-dealkylation sites (tertiary alicyclic amines) is 1. The minimum absolute atomic E-state index is 0.0732. The zero-order valence-electron chi connectivity index (χ0n) is 13.9. The fourth-order valence-electron chi connectivity index (χ4n) is 2.77. The molecule has 0 radical (unpaired) electrons. The second-order valence-electron chi connectivity index (χ2n) is 6.47. The molecule has 1 heterocycles. The molecule has 0 aromatic carbocycles. The lowest BCUT2D eigenvalue weighted by molar-refractivity contribution is -0.139. The number of piperidine rings is 1. The molecule has 5 heteroatoms. The van der Waals surface area contributed by atoms with Gasteiger partial charge in [-0.15, -0.1) is 0 Å². The van der Waals surface area contributed by atoms with Crippen LogP contribution in [0.3, 0.4) is 0 Å². The molecule has 0 aromatic rings. The van der Waals surface area contributed by atoms with Gasteiger partial charge in [0.1, 0.15) is 0 Å². The van der Waals surface area contributed by atoms with Crippen LogP contribution in [0, 0.1) is 11.8 Å². The van der Waals surface area contributed by atoms with Gasteiger partial charge in [-0.2, -0.15) is 0 Å². The summed E-state index contributed by atoms with van der Waals surface area (Å²) in [5.41, 5.74) is 5.81. The SMILES string of the molecule is CCCC(C)NC(=O)C1CCCN(C(=O)C(C)C(C)N)C1. The Bertz CT molecular complexity index is 357. The Labute approximate surface area is 128 Å². The first-order chi connectivity index (χ1) is 9.86. The van der Waals surface area contributed by atoms with Gasteiger partial charge in [0, 0.05) is 25.2 Å². The van der Waals surface area contributed by atoms with Gasteiger partial charge >= 0.3 is 0 Å². The molecular weight excluding hydrogens is 266 g/mol. The number of rotatable bonds is 6. The Morgan fingerprint density at radius 1 is 1.33 bits per heavy atom. The summed E-state index contributed by atoms with van der Waals surface area (Å²) >= 11 is 0. The lowest BCUT2D eigenvalue weighted by Crippen LogP contribution is -2.50. The summed E-state index contributed by atoms with van der Waals surface area (Å²) in [6, 6.07) is 0.0489. The third-order valence-corrected chi connectivity index (χ3v) is 4.39. The van der Waals surface area contributed by atoms with Crippen molar-refractivity contribution < 1.29 is 9.59 Å². The summed E-state index contributed by atoms with van der Waals surface area (Å²) in [7, 11) is 0. The Kier molecular flexibility index (Phi) is 7.15. The number of hydrogen-bond acceptors (Lipinski definition) is 3. The maximum absolute atomic E-state index is 12.3. The highest BCUT2D eigenvalue weighted by atomic mass is 16.2. The second kappa shape index (κ2) is 8.37. The van der Waals surface area contributed by atoms with E-state index in [0.29, 0.717) is 6.54 Å². The van der Waals surface area contributed by atoms with Gasteiger partial charge in [0.25, 0.3) is 0 Å². The fourth-order valence-corrected chi connectivity index (χ4v) is 2.77. The summed E-state index contributed by atoms with van der Waals surface area (Å²) in [5, 5.41) is 3.06. The van der Waals surface area contributed by atoms with Gasteiger partial charge in [-0.05, 0) is 33.1 Å². The quantitative estimate of drug-likeness (QED) is 0.780. The van der Waals surface area contributed by atoms with Crippen molar-refractivity contribution in [3.05, 3.63) is 0 Å². The van der Waals surface area contributed by atoms with Crippen molar-refractivity contribution in [3.63, 3.8) is 0 Å². The molecule has 0 saturated carbocycles. The van der Waals surface area contributed by atoms with E-state index in [1.54, 1.807) is 0 Å². The molecular formula is C16H31N3O2. The number of carbonyl (C=O) groups excluding carboxylic acids is 2. The Morgan fingerprint density at radius 3 is 2.57 bits per heavy atom. The van der Waals surface area contributed by atoms with E-state index in [1.807, 2.05) is 25.7 Å². The first-order valence-corrected chi connectivity index (χ1v) is 8.21. The maximum atomic E-state index is 12.3. The molecule has 21 heavy (non-hydrogen) atoms. The van der Waals surface area contributed by atoms with Crippen LogP contribution in [0.2, 0.25) is 0 Å². The molecule has 1 saturated heterocycles. The van der Waals surface area contributed by atoms with Gasteiger partial charge in [-0.25, -0.2) is 0 Å². The number of carbonyl (C=O) groups is 2. The first-order valence-electron chi connectivity index (χ1n) is 8.21. The van der Waals surface area contributed by atoms with Crippen LogP contribution >= 0.6 is 0 Å². The summed E-state index contributed by atoms with van der Waals surface area (Å²) in [5.74, 6) is -0.112. The van der Waals surface area contributed by atoms with Crippen LogP contribution < -0.4 is 11.1 Å². The lowest BCUT2D eigenvalue weighted by atomic mass is 9.94. The van der Waals surface area contributed by atoms with Crippen molar-refractivity contribution in [1.29, 1.82) is 0 Å². The molecule has 4 unspecified atom stereocenters. The van der Waals surface area contributed by atoms with Crippen LogP contribution in [0.5, 0.6) is 0 Å². The Hall–Kier alpha value is -1.10. The van der Waals surface area contributed by atoms with Gasteiger partial charge in [-0.3, -0.25) is 9.59 Å². The van der Waals surface area contributed by atoms with Crippen LogP contribution in [0.4, 0.5) is 0 Å². The molecule has 1 fully saturated rings. The number of nitrogens with two attached hydrogens (primary N) is 1. The van der Waals surface area contributed by atoms with Crippen molar-refractivity contribution in [2.45, 2.75) is 65.5 Å². The van der Waals surface area contributed by atoms with Crippen LogP contribution in [-0.2, 0) is 9.59 Å². The van der Waals surface area contributed by atoms with Gasteiger partial charge in [0.2, 0.25) is 11.8 Å². The molecule has 1 aliphatic heterocycles. The number of hydrogen-bond donors (Lipinski definition) is 2. The predicted octanol–water partition coefficient (Wildman–Crippen LogP) is 1.51. The lowest BCUT2D eigenvalue weighted by Gasteiger charge is -2.34. The molecule has 2 amide bonds. The highest BCUT2D eigenvalue weighted by molar-refractivity contribution is 5.82. The van der Waals surface area contributed by atoms with Crippen LogP contribution in [0.1, 0.15) is 53.4 Å². The number of nitrogens with zero attached hydrogens (tertiary/aromatic N) is 1. The molecule has 0 aliphatic carbocycles. The molecule has 4 atom stereocenters. The molecule has 1 rings (SSSR count). The molecule has 0 spiro atoms. The zero-order valence-corrected chi connectivity index (χ0v) is 13.9. The van der Waals surface area contributed by atoms with Crippen LogP contribution in [-0.4, -0.2) is 41.9 Å². The number of amides is 2. The van der Waals surface area contributed by atoms with Gasteiger partial charge in [0.15, 0.2) is 0 Å². The van der Waals surface area contributed by atoms with Gasteiger partial charge in [0.05, 0.1) is 11.8 Å². The van der Waals surface area contributed by atoms with E-state index in [2.05, 4.69) is 12.2 Å². The predicted molar refractivity (Wildman–Crippen MR) is 84.6 cm³/mol. The summed E-state index contributed by atoms with van der Waals surface area (Å²) in [6.45, 7) is 9.12. The standard InChI is InChI=1S/C16H31N3O2/c1-5-7-11(2)18-15(20)14-8-6-9-19(10-14)16(21)12(3)13(4)17/h11-14H,5-10,17H2,1-4H3,(H,18,20). The monoisotopic (exact) mass is 297 g/mol. The average Bonchev–Trinajstić information content (AvgIpc) is 2.45. The van der Waals surface area contributed by atoms with E-state index >= 15 is 0 Å². The molecule has 0 bridgehead atoms. The fraction of sp³-hybridized carbons (Fsp3) is 0.875. The third-order valence-electron chi connectivity index (χ3n) is 4.39. The Morgan fingerprint density at radius 2 is 2.00 bits per heavy atom. The number of nitrogens with one attached hydrogen (secondary N) is 1. The Balaban J connectivity index is 2.55. The highest BCUT2D eigenvalue weighted by Crippen LogP contribution is 2.19. The van der Waals surface area contributed by atoms with E-state index in [4.69, 9.17) is 5.73 Å². The van der Waals surface area contributed by atoms with Crippen molar-refractivity contribution in [3.8, 4) is 0 Å². The van der Waals surface area contributed by atoms with Gasteiger partial charge < -0.3 is 16.0 Å². The van der Waals surface area contributed by atoms with Gasteiger partial charge in [-0.1, -0.05) is 20.3 Å². The molecule has 0 aromatic heterocycles. The normalized spacial score (nSPS) is 23.3. The minimum atomic E-state index is -0.189. The van der Waals surface area contributed by atoms with Crippen molar-refractivity contribution in [2.75, 3.05) is 13.1 Å². The average molecular weight is 297 g/mol. The summed E-state index contributed by atoms with van der Waals surface area (Å²) < 4.78 is 0. The topological polar surface area (TPSA) is 75.4 Å². The van der Waals surface area contributed by atoms with E-state index in [-0.39, 0.29) is 35.7 Å². The molecule has 3 N–H and O–H groups in total. The third kappa shape index (κ3) is 5.30. The van der Waals surface area contributed by atoms with Crippen LogP contribution in [0.15, 0.2) is 0 Å². The zero-order chi connectivity index (χ0) is 16.0. The highest BCUT2D eigenvalue weighted by Gasteiger charge is 2.31. The maximum Gasteiger partial charge on any atom is 0.226 e. The van der Waals surface area contributed by atoms with Crippen LogP contribution in [0.25, 0.3) is 0 Å². The summed E-state index contributed by atoms with van der Waals surface area (Å²) in [4.78, 5) is 26.4. The van der Waals surface area contributed by atoms with E-state index in [0.717, 1.165) is 32.2 Å². The minimum Gasteiger partial charge on any atom is -0.353 e. The van der Waals surface area contributed by atoms with E-state index in [9.17, 15) is 9.59 Å². The van der Waals surface area contributed by atoms with Crippen molar-refractivity contribution >= 4 is 11.8 Å². The van der Waals surface area contributed by atoms with E-state index in [1.165, 1.54) is 0 Å². The molecule has 1 aliphatic rings. The van der Waals surface area contributed by atoms with E-state index < -0.39 is 0 Å².